The molecule has 0 unspecified atom stereocenters. The van der Waals surface area contributed by atoms with Crippen LogP contribution >= 0.6 is 46.9 Å². The Morgan fingerprint density at radius 1 is 1.17 bits per heavy atom. The van der Waals surface area contributed by atoms with E-state index in [4.69, 9.17) is 11.6 Å². The third-order valence-corrected chi connectivity index (χ3v) is 5.01. The van der Waals surface area contributed by atoms with E-state index in [1.807, 2.05) is 25.1 Å². The summed E-state index contributed by atoms with van der Waals surface area (Å²) in [6.07, 6.45) is 1.83. The van der Waals surface area contributed by atoms with Crippen molar-refractivity contribution in [1.82, 2.24) is 15.6 Å². The van der Waals surface area contributed by atoms with Gasteiger partial charge in [-0.05, 0) is 31.9 Å². The van der Waals surface area contributed by atoms with Gasteiger partial charge in [-0.1, -0.05) is 29.8 Å². The highest BCUT2D eigenvalue weighted by Crippen LogP contribution is 2.17. The minimum Gasteiger partial charge on any atom is -0.356 e. The Labute approximate surface area is 170 Å². The lowest BCUT2D eigenvalue weighted by molar-refractivity contribution is 0.785. The fourth-order valence-corrected chi connectivity index (χ4v) is 3.50. The molecule has 0 atom stereocenters. The zero-order chi connectivity index (χ0) is 16.7. The molecule has 0 bridgehead atoms. The van der Waals surface area contributed by atoms with Gasteiger partial charge in [0.1, 0.15) is 0 Å². The van der Waals surface area contributed by atoms with Crippen molar-refractivity contribution in [1.29, 1.82) is 0 Å². The van der Waals surface area contributed by atoms with Crippen LogP contribution < -0.4 is 10.6 Å². The fraction of sp³-hybridized carbons (Fsp3) is 0.412. The molecule has 4 nitrogen and oxygen atoms in total. The molecule has 0 spiro atoms. The first kappa shape index (κ1) is 21.2. The first-order valence-corrected chi connectivity index (χ1v) is 8.90. The Bertz CT molecular complexity index is 672. The van der Waals surface area contributed by atoms with Crippen molar-refractivity contribution in [3.8, 4) is 0 Å². The van der Waals surface area contributed by atoms with E-state index in [1.54, 1.807) is 18.4 Å². The topological polar surface area (TPSA) is 49.3 Å². The Balaban J connectivity index is 0.00000288. The second kappa shape index (κ2) is 10.9. The number of nitrogens with one attached hydrogen (secondary N) is 2. The van der Waals surface area contributed by atoms with Gasteiger partial charge in [0.05, 0.1) is 10.7 Å². The molecule has 2 N–H and O–H groups in total. The van der Waals surface area contributed by atoms with Crippen LogP contribution in [0.3, 0.4) is 0 Å². The van der Waals surface area contributed by atoms with Gasteiger partial charge in [-0.15, -0.1) is 35.3 Å². The van der Waals surface area contributed by atoms with Crippen molar-refractivity contribution in [2.45, 2.75) is 26.7 Å². The number of aromatic nitrogens is 1. The normalized spacial score (nSPS) is 11.1. The third kappa shape index (κ3) is 6.57. The summed E-state index contributed by atoms with van der Waals surface area (Å²) < 4.78 is 0. The van der Waals surface area contributed by atoms with E-state index in [0.717, 1.165) is 53.2 Å². The van der Waals surface area contributed by atoms with E-state index < -0.39 is 0 Å². The molecule has 0 amide bonds. The van der Waals surface area contributed by atoms with Gasteiger partial charge in [0.25, 0.3) is 0 Å². The van der Waals surface area contributed by atoms with Crippen LogP contribution in [-0.2, 0) is 12.8 Å². The van der Waals surface area contributed by atoms with Gasteiger partial charge in [0, 0.05) is 36.5 Å². The Morgan fingerprint density at radius 3 is 2.42 bits per heavy atom. The van der Waals surface area contributed by atoms with Crippen molar-refractivity contribution in [3.05, 3.63) is 50.4 Å². The van der Waals surface area contributed by atoms with E-state index in [1.165, 1.54) is 4.88 Å². The SMILES string of the molecule is CN=C(NCCc1ccccc1Cl)NCCc1sc(C)nc1C.I. The van der Waals surface area contributed by atoms with Gasteiger partial charge in [-0.25, -0.2) is 4.98 Å². The van der Waals surface area contributed by atoms with E-state index in [-0.39, 0.29) is 24.0 Å². The van der Waals surface area contributed by atoms with E-state index in [2.05, 4.69) is 33.6 Å². The first-order valence-electron chi connectivity index (χ1n) is 7.71. The maximum absolute atomic E-state index is 6.16. The van der Waals surface area contributed by atoms with Crippen LogP contribution in [0, 0.1) is 13.8 Å². The highest BCUT2D eigenvalue weighted by Gasteiger charge is 2.05. The van der Waals surface area contributed by atoms with Gasteiger partial charge in [0.15, 0.2) is 5.96 Å². The predicted molar refractivity (Wildman–Crippen MR) is 115 cm³/mol. The maximum Gasteiger partial charge on any atom is 0.190 e. The molecule has 0 aliphatic heterocycles. The van der Waals surface area contributed by atoms with Crippen molar-refractivity contribution < 1.29 is 0 Å². The average Bonchev–Trinajstić information content (AvgIpc) is 2.85. The molecule has 0 aliphatic carbocycles. The van der Waals surface area contributed by atoms with Crippen LogP contribution in [0.25, 0.3) is 0 Å². The molecule has 0 saturated heterocycles. The number of rotatable bonds is 6. The number of hydrogen-bond acceptors (Lipinski definition) is 3. The molecule has 1 aromatic carbocycles. The van der Waals surface area contributed by atoms with Crippen LogP contribution in [0.2, 0.25) is 5.02 Å². The smallest absolute Gasteiger partial charge is 0.190 e. The summed E-state index contributed by atoms with van der Waals surface area (Å²) in [7, 11) is 1.78. The second-order valence-corrected chi connectivity index (χ2v) is 6.95. The van der Waals surface area contributed by atoms with Crippen molar-refractivity contribution in [3.63, 3.8) is 0 Å². The molecule has 24 heavy (non-hydrogen) atoms. The molecule has 0 fully saturated rings. The molecule has 1 heterocycles. The zero-order valence-corrected chi connectivity index (χ0v) is 18.1. The summed E-state index contributed by atoms with van der Waals surface area (Å²) in [4.78, 5) is 10.0. The Morgan fingerprint density at radius 2 is 1.83 bits per heavy atom. The van der Waals surface area contributed by atoms with Crippen molar-refractivity contribution in [2.24, 2.45) is 4.99 Å². The zero-order valence-electron chi connectivity index (χ0n) is 14.2. The van der Waals surface area contributed by atoms with Crippen LogP contribution in [0.4, 0.5) is 0 Å². The average molecular weight is 479 g/mol. The second-order valence-electron chi connectivity index (χ2n) is 5.26. The van der Waals surface area contributed by atoms with Crippen LogP contribution in [0.15, 0.2) is 29.3 Å². The molecular weight excluding hydrogens is 455 g/mol. The standard InChI is InChI=1S/C17H23ClN4S.HI/c1-12-16(23-13(2)22-12)9-11-21-17(19-3)20-10-8-14-6-4-5-7-15(14)18;/h4-7H,8-11H2,1-3H3,(H2,19,20,21);1H. The summed E-state index contributed by atoms with van der Waals surface area (Å²) in [5.74, 6) is 0.816. The molecule has 0 radical (unpaired) electrons. The number of thiazole rings is 1. The third-order valence-electron chi connectivity index (χ3n) is 3.51. The highest BCUT2D eigenvalue weighted by molar-refractivity contribution is 14.0. The Kier molecular flexibility index (Phi) is 9.61. The van der Waals surface area contributed by atoms with Crippen LogP contribution in [-0.4, -0.2) is 31.1 Å². The number of hydrogen-bond donors (Lipinski definition) is 2. The molecule has 0 aliphatic rings. The number of halogens is 2. The fourth-order valence-electron chi connectivity index (χ4n) is 2.34. The van der Waals surface area contributed by atoms with Crippen molar-refractivity contribution >= 4 is 52.9 Å². The molecule has 1 aromatic heterocycles. The summed E-state index contributed by atoms with van der Waals surface area (Å²) in [5.41, 5.74) is 2.28. The van der Waals surface area contributed by atoms with Crippen molar-refractivity contribution in [2.75, 3.05) is 20.1 Å². The number of aryl methyl sites for hydroxylation is 2. The molecule has 132 valence electrons. The lowest BCUT2D eigenvalue weighted by atomic mass is 10.1. The quantitative estimate of drug-likeness (QED) is 0.375. The van der Waals surface area contributed by atoms with E-state index in [9.17, 15) is 0 Å². The van der Waals surface area contributed by atoms with Crippen LogP contribution in [0.1, 0.15) is 21.1 Å². The summed E-state index contributed by atoms with van der Waals surface area (Å²) >= 11 is 7.93. The minimum absolute atomic E-state index is 0. The number of aliphatic imine (C=N–C) groups is 1. The van der Waals surface area contributed by atoms with Gasteiger partial charge in [0.2, 0.25) is 0 Å². The van der Waals surface area contributed by atoms with Gasteiger partial charge >= 0.3 is 0 Å². The van der Waals surface area contributed by atoms with Gasteiger partial charge < -0.3 is 10.6 Å². The molecular formula is C17H24ClIN4S. The maximum atomic E-state index is 6.16. The summed E-state index contributed by atoms with van der Waals surface area (Å²) in [6, 6.07) is 7.93. The largest absolute Gasteiger partial charge is 0.356 e. The lowest BCUT2D eigenvalue weighted by Crippen LogP contribution is -2.39. The predicted octanol–water partition coefficient (Wildman–Crippen LogP) is 3.98. The highest BCUT2D eigenvalue weighted by atomic mass is 127. The van der Waals surface area contributed by atoms with Crippen LogP contribution in [0.5, 0.6) is 0 Å². The molecule has 0 saturated carbocycles. The minimum atomic E-state index is 0. The number of benzene rings is 1. The summed E-state index contributed by atoms with van der Waals surface area (Å²) in [5, 5.41) is 8.60. The summed E-state index contributed by atoms with van der Waals surface area (Å²) in [6.45, 7) is 5.75. The van der Waals surface area contributed by atoms with E-state index in [0.29, 0.717) is 0 Å². The number of nitrogens with zero attached hydrogens (tertiary/aromatic N) is 2. The first-order chi connectivity index (χ1) is 11.1. The van der Waals surface area contributed by atoms with Gasteiger partial charge in [-0.3, -0.25) is 4.99 Å². The monoisotopic (exact) mass is 478 g/mol. The Hall–Kier alpha value is -0.860. The van der Waals surface area contributed by atoms with E-state index >= 15 is 0 Å². The molecule has 2 aromatic rings. The molecule has 2 rings (SSSR count). The lowest BCUT2D eigenvalue weighted by Gasteiger charge is -2.12. The number of guanidine groups is 1. The van der Waals surface area contributed by atoms with Gasteiger partial charge in [-0.2, -0.15) is 0 Å². The molecule has 7 heteroatoms.